The molecule has 4 heteroatoms. The molecule has 0 aliphatic rings. The summed E-state index contributed by atoms with van der Waals surface area (Å²) in [5.74, 6) is 0.810. The van der Waals surface area contributed by atoms with Gasteiger partial charge < -0.3 is 10.6 Å². The summed E-state index contributed by atoms with van der Waals surface area (Å²) in [5.41, 5.74) is 2.43. The van der Waals surface area contributed by atoms with E-state index >= 15 is 0 Å². The van der Waals surface area contributed by atoms with Gasteiger partial charge in [0.15, 0.2) is 5.11 Å². The van der Waals surface area contributed by atoms with E-state index in [1.54, 1.807) is 6.20 Å². The maximum atomic E-state index is 5.34. The molecule has 1 aromatic carbocycles. The summed E-state index contributed by atoms with van der Waals surface area (Å²) >= 11 is 5.34. The van der Waals surface area contributed by atoms with Gasteiger partial charge >= 0.3 is 0 Å². The van der Waals surface area contributed by atoms with Crippen LogP contribution in [0, 0.1) is 6.92 Å². The third-order valence-corrected chi connectivity index (χ3v) is 3.55. The van der Waals surface area contributed by atoms with Crippen molar-refractivity contribution in [3.8, 4) is 0 Å². The van der Waals surface area contributed by atoms with Gasteiger partial charge in [0.25, 0.3) is 0 Å². The van der Waals surface area contributed by atoms with E-state index in [4.69, 9.17) is 12.2 Å². The standard InChI is InChI=1S/C17H21N3S/c1-13-7-6-12-18-16(13)20-17(21)19-14(2)10-11-15-8-4-3-5-9-15/h3-9,12,14H,10-11H2,1-2H3,(H2,18,19,20,21)/t14-/m1/s1. The second kappa shape index (κ2) is 7.74. The number of aryl methyl sites for hydroxylation is 2. The molecule has 110 valence electrons. The first-order valence-electron chi connectivity index (χ1n) is 7.18. The van der Waals surface area contributed by atoms with Gasteiger partial charge in [0.2, 0.25) is 0 Å². The van der Waals surface area contributed by atoms with Crippen LogP contribution in [0.25, 0.3) is 0 Å². The quantitative estimate of drug-likeness (QED) is 0.826. The van der Waals surface area contributed by atoms with Gasteiger partial charge in [0.1, 0.15) is 5.82 Å². The smallest absolute Gasteiger partial charge is 0.172 e. The minimum atomic E-state index is 0.314. The zero-order valence-corrected chi connectivity index (χ0v) is 13.3. The largest absolute Gasteiger partial charge is 0.360 e. The van der Waals surface area contributed by atoms with Crippen LogP contribution in [0.3, 0.4) is 0 Å². The number of benzene rings is 1. The van der Waals surface area contributed by atoms with E-state index in [1.807, 2.05) is 25.1 Å². The fraction of sp³-hybridized carbons (Fsp3) is 0.294. The van der Waals surface area contributed by atoms with E-state index in [9.17, 15) is 0 Å². The summed E-state index contributed by atoms with van der Waals surface area (Å²) in [6.07, 6.45) is 3.84. The Hall–Kier alpha value is -1.94. The minimum Gasteiger partial charge on any atom is -0.360 e. The normalized spacial score (nSPS) is 11.7. The van der Waals surface area contributed by atoms with Crippen molar-refractivity contribution in [1.82, 2.24) is 10.3 Å². The van der Waals surface area contributed by atoms with Crippen LogP contribution in [0.5, 0.6) is 0 Å². The minimum absolute atomic E-state index is 0.314. The number of aromatic nitrogens is 1. The van der Waals surface area contributed by atoms with E-state index in [2.05, 4.69) is 46.8 Å². The van der Waals surface area contributed by atoms with Gasteiger partial charge in [-0.2, -0.15) is 0 Å². The van der Waals surface area contributed by atoms with Gasteiger partial charge in [0.05, 0.1) is 0 Å². The maximum absolute atomic E-state index is 5.34. The number of nitrogens with one attached hydrogen (secondary N) is 2. The Kier molecular flexibility index (Phi) is 5.69. The SMILES string of the molecule is Cc1cccnc1NC(=S)N[C@H](C)CCc1ccccc1. The fourth-order valence-electron chi connectivity index (χ4n) is 2.08. The molecule has 0 amide bonds. The Labute approximate surface area is 131 Å². The van der Waals surface area contributed by atoms with Crippen LogP contribution in [0.2, 0.25) is 0 Å². The lowest BCUT2D eigenvalue weighted by Gasteiger charge is -2.17. The Balaban J connectivity index is 1.78. The predicted octanol–water partition coefficient (Wildman–Crippen LogP) is 3.70. The average Bonchev–Trinajstić information content (AvgIpc) is 2.48. The van der Waals surface area contributed by atoms with Gasteiger partial charge in [0, 0.05) is 12.2 Å². The summed E-state index contributed by atoms with van der Waals surface area (Å²) in [5, 5.41) is 7.08. The number of hydrogen-bond acceptors (Lipinski definition) is 2. The highest BCUT2D eigenvalue weighted by atomic mass is 32.1. The summed E-state index contributed by atoms with van der Waals surface area (Å²) in [6, 6.07) is 14.7. The van der Waals surface area contributed by atoms with E-state index in [0.717, 1.165) is 24.2 Å². The molecule has 0 saturated carbocycles. The van der Waals surface area contributed by atoms with E-state index in [0.29, 0.717) is 11.2 Å². The van der Waals surface area contributed by atoms with Crippen LogP contribution >= 0.6 is 12.2 Å². The Morgan fingerprint density at radius 2 is 1.95 bits per heavy atom. The van der Waals surface area contributed by atoms with Crippen LogP contribution in [0.15, 0.2) is 48.7 Å². The third kappa shape index (κ3) is 5.16. The molecule has 0 bridgehead atoms. The van der Waals surface area contributed by atoms with Crippen molar-refractivity contribution in [3.05, 3.63) is 59.8 Å². The molecule has 21 heavy (non-hydrogen) atoms. The van der Waals surface area contributed by atoms with Crippen LogP contribution in [-0.4, -0.2) is 16.1 Å². The van der Waals surface area contributed by atoms with Crippen molar-refractivity contribution < 1.29 is 0 Å². The molecule has 0 radical (unpaired) electrons. The molecular weight excluding hydrogens is 278 g/mol. The topological polar surface area (TPSA) is 37.0 Å². The van der Waals surface area contributed by atoms with Crippen LogP contribution < -0.4 is 10.6 Å². The Morgan fingerprint density at radius 1 is 1.19 bits per heavy atom. The molecule has 1 heterocycles. The molecule has 2 N–H and O–H groups in total. The molecule has 2 rings (SSSR count). The van der Waals surface area contributed by atoms with E-state index in [-0.39, 0.29) is 0 Å². The first-order chi connectivity index (χ1) is 10.1. The molecule has 1 atom stereocenters. The van der Waals surface area contributed by atoms with Crippen molar-refractivity contribution >= 4 is 23.1 Å². The first-order valence-corrected chi connectivity index (χ1v) is 7.59. The lowest BCUT2D eigenvalue weighted by Crippen LogP contribution is -2.36. The Morgan fingerprint density at radius 3 is 2.67 bits per heavy atom. The van der Waals surface area contributed by atoms with Gasteiger partial charge in [-0.05, 0) is 56.1 Å². The molecule has 0 aliphatic carbocycles. The van der Waals surface area contributed by atoms with Crippen molar-refractivity contribution in [2.24, 2.45) is 0 Å². The number of nitrogens with zero attached hydrogens (tertiary/aromatic N) is 1. The molecular formula is C17H21N3S. The third-order valence-electron chi connectivity index (χ3n) is 3.33. The van der Waals surface area contributed by atoms with Crippen LogP contribution in [0.4, 0.5) is 5.82 Å². The van der Waals surface area contributed by atoms with E-state index in [1.165, 1.54) is 5.56 Å². The summed E-state index contributed by atoms with van der Waals surface area (Å²) in [6.45, 7) is 4.15. The van der Waals surface area contributed by atoms with Crippen LogP contribution in [-0.2, 0) is 6.42 Å². The first kappa shape index (κ1) is 15.4. The van der Waals surface area contributed by atoms with Crippen molar-refractivity contribution in [2.45, 2.75) is 32.7 Å². The number of hydrogen-bond donors (Lipinski definition) is 2. The van der Waals surface area contributed by atoms with Crippen molar-refractivity contribution in [1.29, 1.82) is 0 Å². The van der Waals surface area contributed by atoms with E-state index < -0.39 is 0 Å². The number of rotatable bonds is 5. The molecule has 1 aromatic heterocycles. The molecule has 0 saturated heterocycles. The van der Waals surface area contributed by atoms with Crippen LogP contribution in [0.1, 0.15) is 24.5 Å². The van der Waals surface area contributed by atoms with Gasteiger partial charge in [-0.3, -0.25) is 0 Å². The van der Waals surface area contributed by atoms with Gasteiger partial charge in [-0.1, -0.05) is 36.4 Å². The summed E-state index contributed by atoms with van der Waals surface area (Å²) in [7, 11) is 0. The Bertz CT molecular complexity index is 584. The lowest BCUT2D eigenvalue weighted by molar-refractivity contribution is 0.609. The summed E-state index contributed by atoms with van der Waals surface area (Å²) in [4.78, 5) is 4.28. The lowest BCUT2D eigenvalue weighted by atomic mass is 10.1. The fourth-order valence-corrected chi connectivity index (χ4v) is 2.38. The number of pyridine rings is 1. The molecule has 3 nitrogen and oxygen atoms in total. The molecule has 2 aromatic rings. The average molecular weight is 299 g/mol. The molecule has 0 unspecified atom stereocenters. The molecule has 0 aliphatic heterocycles. The number of thiocarbonyl (C=S) groups is 1. The highest BCUT2D eigenvalue weighted by Gasteiger charge is 2.06. The second-order valence-electron chi connectivity index (χ2n) is 5.19. The second-order valence-corrected chi connectivity index (χ2v) is 5.60. The van der Waals surface area contributed by atoms with Crippen molar-refractivity contribution in [2.75, 3.05) is 5.32 Å². The highest BCUT2D eigenvalue weighted by Crippen LogP contribution is 2.09. The monoisotopic (exact) mass is 299 g/mol. The maximum Gasteiger partial charge on any atom is 0.172 e. The van der Waals surface area contributed by atoms with Gasteiger partial charge in [-0.25, -0.2) is 4.98 Å². The van der Waals surface area contributed by atoms with Gasteiger partial charge in [-0.15, -0.1) is 0 Å². The van der Waals surface area contributed by atoms with Crippen molar-refractivity contribution in [3.63, 3.8) is 0 Å². The zero-order valence-electron chi connectivity index (χ0n) is 12.5. The summed E-state index contributed by atoms with van der Waals surface area (Å²) < 4.78 is 0. The molecule has 0 fully saturated rings. The predicted molar refractivity (Wildman–Crippen MR) is 92.6 cm³/mol. The number of anilines is 1. The molecule has 0 spiro atoms. The zero-order chi connectivity index (χ0) is 15.1. The highest BCUT2D eigenvalue weighted by molar-refractivity contribution is 7.80.